The van der Waals surface area contributed by atoms with Crippen LogP contribution in [0, 0.1) is 11.8 Å². The van der Waals surface area contributed by atoms with Crippen molar-refractivity contribution in [3.8, 4) is 0 Å². The number of thioether (sulfide) groups is 1. The summed E-state index contributed by atoms with van der Waals surface area (Å²) in [6.45, 7) is 0. The monoisotopic (exact) mass is 370 g/mol. The van der Waals surface area contributed by atoms with Gasteiger partial charge in [-0.15, -0.1) is 11.8 Å². The van der Waals surface area contributed by atoms with Crippen molar-refractivity contribution >= 4 is 29.3 Å². The van der Waals surface area contributed by atoms with E-state index in [1.165, 1.54) is 5.56 Å². The maximum atomic E-state index is 12.4. The predicted octanol–water partition coefficient (Wildman–Crippen LogP) is 4.20. The van der Waals surface area contributed by atoms with Crippen LogP contribution >= 0.6 is 11.8 Å². The van der Waals surface area contributed by atoms with Gasteiger partial charge in [0.05, 0.1) is 5.92 Å². The molecule has 1 aromatic heterocycles. The molecule has 0 spiro atoms. The summed E-state index contributed by atoms with van der Waals surface area (Å²) in [6, 6.07) is 11.7. The predicted molar refractivity (Wildman–Crippen MR) is 102 cm³/mol. The number of aliphatic carboxylic acids is 1. The number of amides is 1. The van der Waals surface area contributed by atoms with E-state index in [1.807, 2.05) is 42.6 Å². The van der Waals surface area contributed by atoms with Gasteiger partial charge in [0, 0.05) is 34.6 Å². The number of rotatable bonds is 6. The van der Waals surface area contributed by atoms with Crippen LogP contribution in [0.3, 0.4) is 0 Å². The van der Waals surface area contributed by atoms with Gasteiger partial charge in [0.2, 0.25) is 5.91 Å². The van der Waals surface area contributed by atoms with Gasteiger partial charge >= 0.3 is 5.97 Å². The normalized spacial score (nSPS) is 19.7. The highest BCUT2D eigenvalue weighted by Crippen LogP contribution is 2.30. The Balaban J connectivity index is 1.52. The van der Waals surface area contributed by atoms with E-state index in [4.69, 9.17) is 5.11 Å². The fourth-order valence-electron chi connectivity index (χ4n) is 3.18. The molecule has 1 heterocycles. The summed E-state index contributed by atoms with van der Waals surface area (Å²) in [4.78, 5) is 28.8. The number of benzene rings is 1. The zero-order valence-corrected chi connectivity index (χ0v) is 15.2. The molecule has 2 aromatic rings. The van der Waals surface area contributed by atoms with Crippen molar-refractivity contribution in [2.75, 3.05) is 5.32 Å². The molecule has 2 unspecified atom stereocenters. The molecule has 1 aromatic carbocycles. The molecule has 26 heavy (non-hydrogen) atoms. The van der Waals surface area contributed by atoms with Crippen molar-refractivity contribution in [3.63, 3.8) is 0 Å². The molecule has 136 valence electrons. The minimum absolute atomic E-state index is 0.0771. The lowest BCUT2D eigenvalue weighted by atomic mass is 9.81. The highest BCUT2D eigenvalue weighted by molar-refractivity contribution is 7.98. The van der Waals surface area contributed by atoms with Gasteiger partial charge in [0.25, 0.3) is 0 Å². The minimum Gasteiger partial charge on any atom is -0.481 e. The number of carbonyl (C=O) groups excluding carboxylic acids is 1. The lowest BCUT2D eigenvalue weighted by Crippen LogP contribution is -2.30. The largest absolute Gasteiger partial charge is 0.481 e. The summed E-state index contributed by atoms with van der Waals surface area (Å²) in [6.07, 6.45) is 6.27. The first kappa shape index (κ1) is 18.5. The van der Waals surface area contributed by atoms with E-state index < -0.39 is 11.9 Å². The van der Waals surface area contributed by atoms with E-state index in [1.54, 1.807) is 18.0 Å². The van der Waals surface area contributed by atoms with E-state index in [0.29, 0.717) is 12.8 Å². The van der Waals surface area contributed by atoms with E-state index in [0.717, 1.165) is 29.2 Å². The van der Waals surface area contributed by atoms with Crippen molar-refractivity contribution in [2.24, 2.45) is 11.8 Å². The third-order valence-electron chi connectivity index (χ3n) is 4.64. The average Bonchev–Trinajstić information content (AvgIpc) is 2.68. The highest BCUT2D eigenvalue weighted by atomic mass is 32.2. The van der Waals surface area contributed by atoms with E-state index in [2.05, 4.69) is 10.3 Å². The van der Waals surface area contributed by atoms with Crippen LogP contribution < -0.4 is 5.32 Å². The lowest BCUT2D eigenvalue weighted by molar-refractivity contribution is -0.143. The number of nitrogens with zero attached hydrogens (tertiary/aromatic N) is 1. The Morgan fingerprint density at radius 3 is 2.62 bits per heavy atom. The van der Waals surface area contributed by atoms with Crippen LogP contribution in [-0.4, -0.2) is 22.0 Å². The number of pyridine rings is 1. The molecule has 0 saturated heterocycles. The number of nitrogens with one attached hydrogen (secondary N) is 1. The number of anilines is 1. The summed E-state index contributed by atoms with van der Waals surface area (Å²) in [7, 11) is 0. The quantitative estimate of drug-likeness (QED) is 0.745. The van der Waals surface area contributed by atoms with E-state index in [9.17, 15) is 9.59 Å². The van der Waals surface area contributed by atoms with E-state index >= 15 is 0 Å². The van der Waals surface area contributed by atoms with Gasteiger partial charge < -0.3 is 10.4 Å². The molecule has 5 nitrogen and oxygen atoms in total. The Bertz CT molecular complexity index is 749. The first-order valence-corrected chi connectivity index (χ1v) is 9.76. The summed E-state index contributed by atoms with van der Waals surface area (Å²) in [5.41, 5.74) is 1.92. The molecule has 2 N–H and O–H groups in total. The number of aromatic nitrogens is 1. The van der Waals surface area contributed by atoms with Gasteiger partial charge in [-0.3, -0.25) is 14.6 Å². The molecule has 1 aliphatic carbocycles. The van der Waals surface area contributed by atoms with Crippen LogP contribution in [0.4, 0.5) is 5.69 Å². The first-order chi connectivity index (χ1) is 12.6. The van der Waals surface area contributed by atoms with Gasteiger partial charge in [-0.05, 0) is 55.2 Å². The van der Waals surface area contributed by atoms with E-state index in [-0.39, 0.29) is 11.8 Å². The van der Waals surface area contributed by atoms with Gasteiger partial charge in [-0.2, -0.15) is 0 Å². The van der Waals surface area contributed by atoms with Crippen molar-refractivity contribution in [3.05, 3.63) is 54.4 Å². The van der Waals surface area contributed by atoms with Crippen molar-refractivity contribution in [2.45, 2.75) is 36.3 Å². The second kappa shape index (κ2) is 8.85. The number of carboxylic acid groups (broad SMARTS) is 1. The molecule has 0 radical (unpaired) electrons. The average molecular weight is 370 g/mol. The van der Waals surface area contributed by atoms with Crippen molar-refractivity contribution in [1.29, 1.82) is 0 Å². The molecule has 6 heteroatoms. The molecule has 3 rings (SSSR count). The summed E-state index contributed by atoms with van der Waals surface area (Å²) in [5.74, 6) is -0.641. The number of hydrogen-bond acceptors (Lipinski definition) is 4. The zero-order chi connectivity index (χ0) is 18.4. The van der Waals surface area contributed by atoms with Crippen LogP contribution in [0.1, 0.15) is 31.2 Å². The lowest BCUT2D eigenvalue weighted by Gasteiger charge is -2.25. The summed E-state index contributed by atoms with van der Waals surface area (Å²) >= 11 is 1.71. The SMILES string of the molecule is O=C(O)C1CCCC(C(=O)Nc2ccc(SCc3cccnc3)cc2)C1. The topological polar surface area (TPSA) is 79.3 Å². The van der Waals surface area contributed by atoms with Gasteiger partial charge in [0.1, 0.15) is 0 Å². The molecular formula is C20H22N2O3S. The summed E-state index contributed by atoms with van der Waals surface area (Å²) in [5, 5.41) is 12.1. The van der Waals surface area contributed by atoms with Crippen LogP contribution in [0.25, 0.3) is 0 Å². The van der Waals surface area contributed by atoms with Gasteiger partial charge in [-0.25, -0.2) is 0 Å². The number of carbonyl (C=O) groups is 2. The number of hydrogen-bond donors (Lipinski definition) is 2. The third kappa shape index (κ3) is 5.08. The Labute approximate surface area is 157 Å². The van der Waals surface area contributed by atoms with Gasteiger partial charge in [0.15, 0.2) is 0 Å². The molecule has 0 aliphatic heterocycles. The second-order valence-corrected chi connectivity index (χ2v) is 7.61. The zero-order valence-electron chi connectivity index (χ0n) is 14.4. The maximum absolute atomic E-state index is 12.4. The Morgan fingerprint density at radius 1 is 1.15 bits per heavy atom. The standard InChI is InChI=1S/C20H22N2O3S/c23-19(15-4-1-5-16(11-15)20(24)25)22-17-6-8-18(9-7-17)26-13-14-3-2-10-21-12-14/h2-3,6-10,12,15-16H,1,4-5,11,13H2,(H,22,23)(H,24,25). The van der Waals surface area contributed by atoms with Gasteiger partial charge in [-0.1, -0.05) is 12.5 Å². The van der Waals surface area contributed by atoms with Crippen LogP contribution in [0.2, 0.25) is 0 Å². The smallest absolute Gasteiger partial charge is 0.306 e. The molecule has 1 aliphatic rings. The molecule has 0 bridgehead atoms. The Hall–Kier alpha value is -2.34. The second-order valence-electron chi connectivity index (χ2n) is 6.56. The van der Waals surface area contributed by atoms with Crippen LogP contribution in [0.5, 0.6) is 0 Å². The number of carboxylic acids is 1. The summed E-state index contributed by atoms with van der Waals surface area (Å²) < 4.78 is 0. The Kier molecular flexibility index (Phi) is 6.28. The maximum Gasteiger partial charge on any atom is 0.306 e. The first-order valence-electron chi connectivity index (χ1n) is 8.77. The molecule has 1 amide bonds. The van der Waals surface area contributed by atoms with Crippen molar-refractivity contribution < 1.29 is 14.7 Å². The minimum atomic E-state index is -0.794. The third-order valence-corrected chi connectivity index (χ3v) is 5.73. The van der Waals surface area contributed by atoms with Crippen molar-refractivity contribution in [1.82, 2.24) is 4.98 Å². The van der Waals surface area contributed by atoms with Crippen LogP contribution in [-0.2, 0) is 15.3 Å². The van der Waals surface area contributed by atoms with Crippen LogP contribution in [0.15, 0.2) is 53.7 Å². The Morgan fingerprint density at radius 2 is 1.92 bits per heavy atom. The molecule has 1 saturated carbocycles. The molecule has 1 fully saturated rings. The molecular weight excluding hydrogens is 348 g/mol. The fourth-order valence-corrected chi connectivity index (χ4v) is 4.01. The highest BCUT2D eigenvalue weighted by Gasteiger charge is 2.30. The molecule has 2 atom stereocenters. The fraction of sp³-hybridized carbons (Fsp3) is 0.350.